The molecule has 0 aliphatic carbocycles. The largest absolute Gasteiger partial charge is 0.457 e. The van der Waals surface area contributed by atoms with Crippen LogP contribution in [0.1, 0.15) is 61.9 Å². The predicted octanol–water partition coefficient (Wildman–Crippen LogP) is 7.00. The van der Waals surface area contributed by atoms with Crippen molar-refractivity contribution >= 4 is 17.6 Å². The van der Waals surface area contributed by atoms with Crippen LogP contribution in [0.25, 0.3) is 0 Å². The zero-order valence-corrected chi connectivity index (χ0v) is 23.8. The number of hydrogen-bond acceptors (Lipinski definition) is 5. The molecule has 1 saturated heterocycles. The molecule has 0 radical (unpaired) electrons. The Morgan fingerprint density at radius 3 is 2.10 bits per heavy atom. The third-order valence-corrected chi connectivity index (χ3v) is 7.68. The summed E-state index contributed by atoms with van der Waals surface area (Å²) in [5.74, 6) is 1.19. The minimum absolute atomic E-state index is 0.291. The second kappa shape index (κ2) is 13.0. The molecule has 0 atom stereocenters. The first kappa shape index (κ1) is 29.9. The van der Waals surface area contributed by atoms with E-state index in [0.717, 1.165) is 19.3 Å². The molecule has 4 N–H and O–H groups in total. The highest BCUT2D eigenvalue weighted by Gasteiger charge is 2.35. The third-order valence-electron chi connectivity index (χ3n) is 7.68. The van der Waals surface area contributed by atoms with Gasteiger partial charge >= 0.3 is 6.03 Å². The minimum atomic E-state index is -0.750. The average Bonchev–Trinajstić information content (AvgIpc) is 2.93. The number of aryl methyl sites for hydroxylation is 1. The van der Waals surface area contributed by atoms with Gasteiger partial charge in [0.15, 0.2) is 0 Å². The summed E-state index contributed by atoms with van der Waals surface area (Å²) in [5, 5.41) is 14.0. The Bertz CT molecular complexity index is 1370. The number of halogens is 1. The molecule has 3 aromatic rings. The van der Waals surface area contributed by atoms with E-state index in [2.05, 4.69) is 19.2 Å². The fourth-order valence-corrected chi connectivity index (χ4v) is 5.16. The van der Waals surface area contributed by atoms with E-state index >= 15 is 0 Å². The van der Waals surface area contributed by atoms with Crippen molar-refractivity contribution in [2.75, 3.05) is 18.4 Å². The van der Waals surface area contributed by atoms with Crippen LogP contribution in [0.4, 0.5) is 14.9 Å². The molecule has 1 aliphatic rings. The molecule has 3 amide bonds. The quantitative estimate of drug-likeness (QED) is 0.246. The van der Waals surface area contributed by atoms with Gasteiger partial charge in [0.1, 0.15) is 28.8 Å². The van der Waals surface area contributed by atoms with Gasteiger partial charge in [0.2, 0.25) is 5.91 Å². The fourth-order valence-electron chi connectivity index (χ4n) is 5.16. The number of nitrogens with zero attached hydrogens (tertiary/aromatic N) is 1. The van der Waals surface area contributed by atoms with Crippen molar-refractivity contribution in [2.45, 2.75) is 58.5 Å². The van der Waals surface area contributed by atoms with Gasteiger partial charge in [0, 0.05) is 42.5 Å². The van der Waals surface area contributed by atoms with E-state index in [-0.39, 0.29) is 11.8 Å². The molecule has 0 unspecified atom stereocenters. The standard InChI is InChI=1S/C32H38FN3O5/c1-4-22(5-2)20-32(39)12-14-36(15-13-32)31(38)35-24-17-27(40-25-8-6-23(33)7-9-25)19-28(18-24)41-26-10-11-29(30(34)37)21(3)16-26/h6-11,16-19,22,39H,4-5,12-15,20H2,1-3H3,(H2,34,37)(H,35,38). The fraction of sp³-hybridized carbons (Fsp3) is 0.375. The maximum Gasteiger partial charge on any atom is 0.321 e. The van der Waals surface area contributed by atoms with Crippen LogP contribution in [-0.2, 0) is 0 Å². The molecule has 218 valence electrons. The minimum Gasteiger partial charge on any atom is -0.457 e. The van der Waals surface area contributed by atoms with Crippen LogP contribution in [0.2, 0.25) is 0 Å². The van der Waals surface area contributed by atoms with Gasteiger partial charge in [0.25, 0.3) is 0 Å². The van der Waals surface area contributed by atoms with Crippen molar-refractivity contribution in [2.24, 2.45) is 11.7 Å². The first-order chi connectivity index (χ1) is 19.6. The van der Waals surface area contributed by atoms with E-state index in [4.69, 9.17) is 15.2 Å². The number of ether oxygens (including phenoxy) is 2. The van der Waals surface area contributed by atoms with E-state index in [1.165, 1.54) is 24.3 Å². The normalized spacial score (nSPS) is 14.5. The summed E-state index contributed by atoms with van der Waals surface area (Å²) in [5.41, 5.74) is 6.16. The monoisotopic (exact) mass is 563 g/mol. The molecular weight excluding hydrogens is 525 g/mol. The number of piperidine rings is 1. The Kier molecular flexibility index (Phi) is 9.50. The molecule has 3 aromatic carbocycles. The van der Waals surface area contributed by atoms with E-state index in [0.29, 0.717) is 71.7 Å². The van der Waals surface area contributed by atoms with Crippen LogP contribution in [0, 0.1) is 18.7 Å². The molecule has 1 fully saturated rings. The number of likely N-dealkylation sites (tertiary alicyclic amines) is 1. The molecule has 1 heterocycles. The lowest BCUT2D eigenvalue weighted by molar-refractivity contribution is -0.0309. The number of amides is 3. The van der Waals surface area contributed by atoms with Gasteiger partial charge in [-0.1, -0.05) is 26.7 Å². The summed E-state index contributed by atoms with van der Waals surface area (Å²) in [6.45, 7) is 6.94. The smallest absolute Gasteiger partial charge is 0.321 e. The van der Waals surface area contributed by atoms with Crippen LogP contribution in [0.5, 0.6) is 23.0 Å². The number of rotatable bonds is 10. The van der Waals surface area contributed by atoms with Crippen molar-refractivity contribution in [1.82, 2.24) is 4.90 Å². The number of primary amides is 1. The Hall–Kier alpha value is -4.11. The average molecular weight is 564 g/mol. The SMILES string of the molecule is CCC(CC)CC1(O)CCN(C(=O)Nc2cc(Oc3ccc(F)cc3)cc(Oc3ccc(C(N)=O)c(C)c3)c2)CC1. The lowest BCUT2D eigenvalue weighted by atomic mass is 9.81. The van der Waals surface area contributed by atoms with Crippen LogP contribution >= 0.6 is 0 Å². The summed E-state index contributed by atoms with van der Waals surface area (Å²) >= 11 is 0. The molecule has 0 spiro atoms. The van der Waals surface area contributed by atoms with Crippen molar-refractivity contribution in [3.8, 4) is 23.0 Å². The number of nitrogens with two attached hydrogens (primary N) is 1. The summed E-state index contributed by atoms with van der Waals surface area (Å²) < 4.78 is 25.4. The molecule has 1 aliphatic heterocycles. The molecule has 0 bridgehead atoms. The highest BCUT2D eigenvalue weighted by atomic mass is 19.1. The second-order valence-electron chi connectivity index (χ2n) is 10.7. The molecule has 9 heteroatoms. The Morgan fingerprint density at radius 1 is 0.951 bits per heavy atom. The number of urea groups is 1. The number of carbonyl (C=O) groups excluding carboxylic acids is 2. The summed E-state index contributed by atoms with van der Waals surface area (Å²) in [4.78, 5) is 26.5. The lowest BCUT2D eigenvalue weighted by Gasteiger charge is -2.39. The Labute approximate surface area is 240 Å². The van der Waals surface area contributed by atoms with Gasteiger partial charge < -0.3 is 30.5 Å². The van der Waals surface area contributed by atoms with E-state index < -0.39 is 11.5 Å². The number of benzene rings is 3. The van der Waals surface area contributed by atoms with Gasteiger partial charge in [-0.05, 0) is 80.1 Å². The van der Waals surface area contributed by atoms with E-state index in [9.17, 15) is 19.1 Å². The van der Waals surface area contributed by atoms with Crippen LogP contribution in [0.3, 0.4) is 0 Å². The molecule has 0 aromatic heterocycles. The van der Waals surface area contributed by atoms with Crippen LogP contribution < -0.4 is 20.5 Å². The Balaban J connectivity index is 1.51. The van der Waals surface area contributed by atoms with Gasteiger partial charge in [-0.25, -0.2) is 9.18 Å². The second-order valence-corrected chi connectivity index (χ2v) is 10.7. The van der Waals surface area contributed by atoms with Crippen molar-refractivity contribution in [3.63, 3.8) is 0 Å². The lowest BCUT2D eigenvalue weighted by Crippen LogP contribution is -2.48. The summed E-state index contributed by atoms with van der Waals surface area (Å²) in [6.07, 6.45) is 3.86. The maximum absolute atomic E-state index is 13.4. The number of aliphatic hydroxyl groups is 1. The van der Waals surface area contributed by atoms with Crippen molar-refractivity contribution in [3.05, 3.63) is 77.6 Å². The zero-order chi connectivity index (χ0) is 29.6. The van der Waals surface area contributed by atoms with Gasteiger partial charge in [-0.3, -0.25) is 4.79 Å². The zero-order valence-electron chi connectivity index (χ0n) is 23.8. The molecule has 41 heavy (non-hydrogen) atoms. The summed E-state index contributed by atoms with van der Waals surface area (Å²) in [7, 11) is 0. The predicted molar refractivity (Wildman–Crippen MR) is 156 cm³/mol. The van der Waals surface area contributed by atoms with E-state index in [1.807, 2.05) is 0 Å². The molecular formula is C32H38FN3O5. The van der Waals surface area contributed by atoms with Crippen LogP contribution in [-0.4, -0.2) is 40.6 Å². The van der Waals surface area contributed by atoms with Gasteiger partial charge in [0.05, 0.1) is 5.60 Å². The van der Waals surface area contributed by atoms with Gasteiger partial charge in [-0.2, -0.15) is 0 Å². The highest BCUT2D eigenvalue weighted by Crippen LogP contribution is 2.35. The first-order valence-corrected chi connectivity index (χ1v) is 14.0. The third kappa shape index (κ3) is 7.98. The number of carbonyl (C=O) groups is 2. The number of anilines is 1. The van der Waals surface area contributed by atoms with Gasteiger partial charge in [-0.15, -0.1) is 0 Å². The molecule has 0 saturated carbocycles. The maximum atomic E-state index is 13.4. The summed E-state index contributed by atoms with van der Waals surface area (Å²) in [6, 6.07) is 15.2. The van der Waals surface area contributed by atoms with E-state index in [1.54, 1.807) is 48.2 Å². The number of hydrogen-bond donors (Lipinski definition) is 3. The Morgan fingerprint density at radius 2 is 1.54 bits per heavy atom. The topological polar surface area (TPSA) is 114 Å². The molecule has 4 rings (SSSR count). The van der Waals surface area contributed by atoms with Crippen molar-refractivity contribution < 1.29 is 28.6 Å². The highest BCUT2D eigenvalue weighted by molar-refractivity contribution is 5.94. The van der Waals surface area contributed by atoms with Crippen LogP contribution in [0.15, 0.2) is 60.7 Å². The number of nitrogens with one attached hydrogen (secondary N) is 1. The molecule has 8 nitrogen and oxygen atoms in total. The van der Waals surface area contributed by atoms with Crippen molar-refractivity contribution in [1.29, 1.82) is 0 Å². The first-order valence-electron chi connectivity index (χ1n) is 14.0.